The van der Waals surface area contributed by atoms with Crippen LogP contribution in [0.5, 0.6) is 0 Å². The highest BCUT2D eigenvalue weighted by atomic mass is 19.1. The Balaban J connectivity index is 1.85. The van der Waals surface area contributed by atoms with Crippen molar-refractivity contribution in [1.29, 1.82) is 0 Å². The first-order chi connectivity index (χ1) is 14.5. The summed E-state index contributed by atoms with van der Waals surface area (Å²) in [6, 6.07) is 15.0. The molecule has 5 heteroatoms. The number of hydrogen-bond acceptors (Lipinski definition) is 3. The van der Waals surface area contributed by atoms with Crippen LogP contribution >= 0.6 is 0 Å². The summed E-state index contributed by atoms with van der Waals surface area (Å²) < 4.78 is 26.7. The van der Waals surface area contributed by atoms with Crippen molar-refractivity contribution in [2.24, 2.45) is 0 Å². The minimum Gasteiger partial charge on any atom is -0.458 e. The maximum Gasteiger partial charge on any atom is 0.309 e. The first kappa shape index (κ1) is 20.4. The molecular formula is C25H26FNO3. The lowest BCUT2D eigenvalue weighted by Gasteiger charge is -2.26. The standard InChI is InChI=1S/C25H26FNO3/c1-16(2)27-22-7-5-4-6-21(22)25(17-8-10-18(26)11-9-17)23(27)13-12-19-14-20(29-3)15-24(28)30-19/h4-13,16,19-20H,14-15H2,1-3H3/b13-12+. The van der Waals surface area contributed by atoms with Crippen molar-refractivity contribution >= 4 is 22.9 Å². The van der Waals surface area contributed by atoms with E-state index in [1.807, 2.05) is 24.3 Å². The Hall–Kier alpha value is -2.92. The molecule has 1 aliphatic rings. The van der Waals surface area contributed by atoms with E-state index in [9.17, 15) is 9.18 Å². The first-order valence-electron chi connectivity index (χ1n) is 10.3. The third kappa shape index (κ3) is 3.90. The predicted octanol–water partition coefficient (Wildman–Crippen LogP) is 5.76. The van der Waals surface area contributed by atoms with Crippen LogP contribution in [0.1, 0.15) is 38.4 Å². The Kier molecular flexibility index (Phi) is 5.73. The molecule has 30 heavy (non-hydrogen) atoms. The second-order valence-electron chi connectivity index (χ2n) is 7.93. The van der Waals surface area contributed by atoms with Gasteiger partial charge in [-0.15, -0.1) is 0 Å². The van der Waals surface area contributed by atoms with Crippen LogP contribution in [0, 0.1) is 5.82 Å². The summed E-state index contributed by atoms with van der Waals surface area (Å²) in [7, 11) is 1.62. The van der Waals surface area contributed by atoms with E-state index in [0.29, 0.717) is 6.42 Å². The van der Waals surface area contributed by atoms with Crippen molar-refractivity contribution in [3.05, 3.63) is 66.1 Å². The summed E-state index contributed by atoms with van der Waals surface area (Å²) in [6.07, 6.45) is 4.41. The van der Waals surface area contributed by atoms with Crippen LogP contribution in [-0.2, 0) is 14.3 Å². The SMILES string of the molecule is COC1CC(=O)OC(/C=C/c2c(-c3ccc(F)cc3)c3ccccc3n2C(C)C)C1. The number of benzene rings is 2. The number of ether oxygens (including phenoxy) is 2. The fraction of sp³-hybridized carbons (Fsp3) is 0.320. The van der Waals surface area contributed by atoms with E-state index < -0.39 is 0 Å². The highest BCUT2D eigenvalue weighted by molar-refractivity contribution is 6.01. The van der Waals surface area contributed by atoms with E-state index in [1.165, 1.54) is 12.1 Å². The zero-order valence-corrected chi connectivity index (χ0v) is 17.5. The van der Waals surface area contributed by atoms with Crippen LogP contribution in [0.2, 0.25) is 0 Å². The molecule has 0 amide bonds. The average molecular weight is 407 g/mol. The number of para-hydroxylation sites is 1. The maximum atomic E-state index is 13.6. The van der Waals surface area contributed by atoms with Crippen molar-refractivity contribution in [2.75, 3.05) is 7.11 Å². The molecule has 0 N–H and O–H groups in total. The summed E-state index contributed by atoms with van der Waals surface area (Å²) in [5.74, 6) is -0.505. The topological polar surface area (TPSA) is 40.5 Å². The average Bonchev–Trinajstić information content (AvgIpc) is 3.07. The summed E-state index contributed by atoms with van der Waals surface area (Å²) in [5, 5.41) is 1.10. The number of halogens is 1. The second-order valence-corrected chi connectivity index (χ2v) is 7.93. The lowest BCUT2D eigenvalue weighted by molar-refractivity contribution is -0.157. The molecule has 4 nitrogen and oxygen atoms in total. The molecule has 2 heterocycles. The normalized spacial score (nSPS) is 19.7. The number of hydrogen-bond donors (Lipinski definition) is 0. The van der Waals surface area contributed by atoms with Gasteiger partial charge in [0.1, 0.15) is 11.9 Å². The van der Waals surface area contributed by atoms with Crippen molar-refractivity contribution in [3.63, 3.8) is 0 Å². The molecule has 0 bridgehead atoms. The van der Waals surface area contributed by atoms with Crippen molar-refractivity contribution in [2.45, 2.75) is 44.9 Å². The van der Waals surface area contributed by atoms with Crippen LogP contribution in [0.3, 0.4) is 0 Å². The van der Waals surface area contributed by atoms with Gasteiger partial charge in [0.25, 0.3) is 0 Å². The third-order valence-corrected chi connectivity index (χ3v) is 5.57. The van der Waals surface area contributed by atoms with Gasteiger partial charge in [-0.2, -0.15) is 0 Å². The number of cyclic esters (lactones) is 1. The molecule has 3 aromatic rings. The fourth-order valence-corrected chi connectivity index (χ4v) is 4.21. The van der Waals surface area contributed by atoms with Crippen LogP contribution in [0.15, 0.2) is 54.6 Å². The Morgan fingerprint density at radius 2 is 1.90 bits per heavy atom. The largest absolute Gasteiger partial charge is 0.458 e. The van der Waals surface area contributed by atoms with E-state index in [1.54, 1.807) is 19.2 Å². The molecule has 0 spiro atoms. The molecule has 1 saturated heterocycles. The molecule has 1 aromatic heterocycles. The predicted molar refractivity (Wildman–Crippen MR) is 117 cm³/mol. The number of aromatic nitrogens is 1. The number of rotatable bonds is 5. The summed E-state index contributed by atoms with van der Waals surface area (Å²) >= 11 is 0. The lowest BCUT2D eigenvalue weighted by atomic mass is 10.0. The smallest absolute Gasteiger partial charge is 0.309 e. The first-order valence-corrected chi connectivity index (χ1v) is 10.3. The zero-order valence-electron chi connectivity index (χ0n) is 17.5. The molecule has 0 saturated carbocycles. The third-order valence-electron chi connectivity index (χ3n) is 5.57. The van der Waals surface area contributed by atoms with Gasteiger partial charge in [0.2, 0.25) is 0 Å². The lowest BCUT2D eigenvalue weighted by Crippen LogP contribution is -2.32. The van der Waals surface area contributed by atoms with E-state index in [4.69, 9.17) is 9.47 Å². The van der Waals surface area contributed by atoms with Crippen molar-refractivity contribution in [3.8, 4) is 11.1 Å². The Morgan fingerprint density at radius 3 is 2.60 bits per heavy atom. The second kappa shape index (κ2) is 8.44. The van der Waals surface area contributed by atoms with Gasteiger partial charge in [0.15, 0.2) is 0 Å². The van der Waals surface area contributed by atoms with Crippen molar-refractivity contribution in [1.82, 2.24) is 4.57 Å². The number of fused-ring (bicyclic) bond motifs is 1. The van der Waals surface area contributed by atoms with Crippen LogP contribution in [0.25, 0.3) is 28.1 Å². The minimum atomic E-state index is -0.337. The minimum absolute atomic E-state index is 0.131. The Bertz CT molecular complexity index is 1080. The van der Waals surface area contributed by atoms with Gasteiger partial charge in [0.05, 0.1) is 12.5 Å². The van der Waals surface area contributed by atoms with E-state index in [2.05, 4.69) is 30.5 Å². The highest BCUT2D eigenvalue weighted by Crippen LogP contribution is 2.38. The van der Waals surface area contributed by atoms with Gasteiger partial charge in [-0.1, -0.05) is 30.3 Å². The van der Waals surface area contributed by atoms with Crippen LogP contribution in [0.4, 0.5) is 4.39 Å². The molecule has 0 radical (unpaired) electrons. The van der Waals surface area contributed by atoms with Gasteiger partial charge in [-0.05, 0) is 49.8 Å². The molecule has 1 aliphatic heterocycles. The monoisotopic (exact) mass is 407 g/mol. The Labute approximate surface area is 175 Å². The number of carbonyl (C=O) groups is 1. The fourth-order valence-electron chi connectivity index (χ4n) is 4.21. The molecule has 2 atom stereocenters. The Morgan fingerprint density at radius 1 is 1.17 bits per heavy atom. The molecule has 2 unspecified atom stereocenters. The van der Waals surface area contributed by atoms with Crippen molar-refractivity contribution < 1.29 is 18.7 Å². The van der Waals surface area contributed by atoms with Crippen LogP contribution < -0.4 is 0 Å². The number of carbonyl (C=O) groups excluding carboxylic acids is 1. The molecular weight excluding hydrogens is 381 g/mol. The van der Waals surface area contributed by atoms with Gasteiger partial charge >= 0.3 is 5.97 Å². The highest BCUT2D eigenvalue weighted by Gasteiger charge is 2.27. The van der Waals surface area contributed by atoms with Gasteiger partial charge in [-0.25, -0.2) is 4.39 Å². The quantitative estimate of drug-likeness (QED) is 0.505. The van der Waals surface area contributed by atoms with Crippen LogP contribution in [-0.4, -0.2) is 29.9 Å². The maximum absolute atomic E-state index is 13.6. The number of methoxy groups -OCH3 is 1. The summed E-state index contributed by atoms with van der Waals surface area (Å²) in [6.45, 7) is 4.28. The van der Waals surface area contributed by atoms with E-state index in [-0.39, 0.29) is 36.5 Å². The van der Waals surface area contributed by atoms with E-state index in [0.717, 1.165) is 27.7 Å². The summed E-state index contributed by atoms with van der Waals surface area (Å²) in [4.78, 5) is 11.9. The van der Waals surface area contributed by atoms with Gasteiger partial charge in [0, 0.05) is 41.7 Å². The molecule has 0 aliphatic carbocycles. The number of nitrogens with zero attached hydrogens (tertiary/aromatic N) is 1. The van der Waals surface area contributed by atoms with Gasteiger partial charge < -0.3 is 14.0 Å². The molecule has 2 aromatic carbocycles. The molecule has 156 valence electrons. The molecule has 1 fully saturated rings. The number of esters is 1. The zero-order chi connectivity index (χ0) is 21.3. The van der Waals surface area contributed by atoms with Gasteiger partial charge in [-0.3, -0.25) is 4.79 Å². The van der Waals surface area contributed by atoms with E-state index >= 15 is 0 Å². The summed E-state index contributed by atoms with van der Waals surface area (Å²) in [5.41, 5.74) is 4.11. The molecule has 4 rings (SSSR count).